The number of anilines is 1. The van der Waals surface area contributed by atoms with E-state index in [1.165, 1.54) is 18.7 Å². The number of benzene rings is 1. The summed E-state index contributed by atoms with van der Waals surface area (Å²) in [5.74, 6) is 1.23. The van der Waals surface area contributed by atoms with Gasteiger partial charge in [0.2, 0.25) is 0 Å². The van der Waals surface area contributed by atoms with Crippen molar-refractivity contribution in [2.24, 2.45) is 0 Å². The molecule has 28 heavy (non-hydrogen) atoms. The summed E-state index contributed by atoms with van der Waals surface area (Å²) in [5, 5.41) is 3.44. The third-order valence-corrected chi connectivity index (χ3v) is 4.76. The van der Waals surface area contributed by atoms with Gasteiger partial charge in [0.25, 0.3) is 0 Å². The van der Waals surface area contributed by atoms with Crippen LogP contribution in [-0.4, -0.2) is 60.7 Å². The van der Waals surface area contributed by atoms with Crippen LogP contribution >= 0.6 is 0 Å². The van der Waals surface area contributed by atoms with Gasteiger partial charge in [0.1, 0.15) is 11.6 Å². The lowest BCUT2D eigenvalue weighted by Gasteiger charge is -2.17. The number of ether oxygens (including phenoxy) is 2. The smallest absolute Gasteiger partial charge is 0.330 e. The zero-order valence-electron chi connectivity index (χ0n) is 16.3. The second-order valence-electron chi connectivity index (χ2n) is 6.71. The summed E-state index contributed by atoms with van der Waals surface area (Å²) in [5.41, 5.74) is 1.93. The lowest BCUT2D eigenvalue weighted by atomic mass is 10.1. The van der Waals surface area contributed by atoms with Crippen molar-refractivity contribution in [3.8, 4) is 5.75 Å². The van der Waals surface area contributed by atoms with Crippen molar-refractivity contribution in [1.29, 1.82) is 0 Å². The zero-order valence-corrected chi connectivity index (χ0v) is 16.3. The van der Waals surface area contributed by atoms with Crippen LogP contribution in [0.25, 0.3) is 6.08 Å². The van der Waals surface area contributed by atoms with Crippen molar-refractivity contribution in [2.75, 3.05) is 39.2 Å². The highest BCUT2D eigenvalue weighted by Gasteiger charge is 2.22. The van der Waals surface area contributed by atoms with E-state index in [2.05, 4.69) is 37.1 Å². The minimum Gasteiger partial charge on any atom is -0.497 e. The third kappa shape index (κ3) is 5.79. The molecule has 0 unspecified atom stereocenters. The molecule has 1 aromatic carbocycles. The van der Waals surface area contributed by atoms with Crippen molar-refractivity contribution in [1.82, 2.24) is 14.9 Å². The molecule has 0 spiro atoms. The van der Waals surface area contributed by atoms with Crippen LogP contribution in [0.3, 0.4) is 0 Å². The summed E-state index contributed by atoms with van der Waals surface area (Å²) in [6.45, 7) is 3.09. The first kappa shape index (κ1) is 19.8. The van der Waals surface area contributed by atoms with Gasteiger partial charge in [-0.25, -0.2) is 9.78 Å². The average molecular weight is 382 g/mol. The first-order valence-corrected chi connectivity index (χ1v) is 9.36. The minimum atomic E-state index is -0.412. The average Bonchev–Trinajstić information content (AvgIpc) is 3.19. The monoisotopic (exact) mass is 382 g/mol. The number of hydrogen-bond acceptors (Lipinski definition) is 7. The second-order valence-corrected chi connectivity index (χ2v) is 6.71. The molecule has 7 heteroatoms. The number of esters is 1. The molecular formula is C21H26N4O3. The van der Waals surface area contributed by atoms with Gasteiger partial charge >= 0.3 is 5.97 Å². The van der Waals surface area contributed by atoms with Gasteiger partial charge in [0.15, 0.2) is 0 Å². The van der Waals surface area contributed by atoms with Crippen LogP contribution in [0.15, 0.2) is 42.7 Å². The number of nitrogens with one attached hydrogen (secondary N) is 1. The third-order valence-electron chi connectivity index (χ3n) is 4.76. The molecule has 1 fully saturated rings. The van der Waals surface area contributed by atoms with Gasteiger partial charge in [-0.05, 0) is 36.6 Å². The van der Waals surface area contributed by atoms with Gasteiger partial charge in [0.05, 0.1) is 32.3 Å². The van der Waals surface area contributed by atoms with Gasteiger partial charge in [-0.15, -0.1) is 0 Å². The minimum absolute atomic E-state index is 0.363. The molecule has 1 N–H and O–H groups in total. The van der Waals surface area contributed by atoms with Crippen LogP contribution in [0.4, 0.5) is 5.82 Å². The molecule has 1 saturated heterocycles. The molecule has 1 aliphatic heterocycles. The highest BCUT2D eigenvalue weighted by molar-refractivity contribution is 5.86. The Morgan fingerprint density at radius 2 is 2.07 bits per heavy atom. The molecule has 0 aliphatic carbocycles. The molecule has 1 aliphatic rings. The lowest BCUT2D eigenvalue weighted by Crippen LogP contribution is -2.28. The van der Waals surface area contributed by atoms with E-state index >= 15 is 0 Å². The van der Waals surface area contributed by atoms with Crippen molar-refractivity contribution >= 4 is 17.9 Å². The summed E-state index contributed by atoms with van der Waals surface area (Å²) in [6, 6.07) is 8.62. The maximum absolute atomic E-state index is 11.1. The van der Waals surface area contributed by atoms with Crippen LogP contribution in [0, 0.1) is 0 Å². The largest absolute Gasteiger partial charge is 0.497 e. The fraction of sp³-hybridized carbons (Fsp3) is 0.381. The molecule has 7 nitrogen and oxygen atoms in total. The van der Waals surface area contributed by atoms with Gasteiger partial charge < -0.3 is 19.7 Å². The van der Waals surface area contributed by atoms with E-state index < -0.39 is 5.97 Å². The summed E-state index contributed by atoms with van der Waals surface area (Å²) < 4.78 is 9.76. The number of hydrogen-bond donors (Lipinski definition) is 1. The molecule has 0 radical (unpaired) electrons. The molecule has 1 aromatic heterocycles. The normalized spacial score (nSPS) is 17.0. The Labute approximate surface area is 165 Å². The van der Waals surface area contributed by atoms with E-state index in [1.54, 1.807) is 25.6 Å². The van der Waals surface area contributed by atoms with Crippen molar-refractivity contribution in [3.63, 3.8) is 0 Å². The highest BCUT2D eigenvalue weighted by atomic mass is 16.5. The van der Waals surface area contributed by atoms with E-state index in [1.807, 2.05) is 12.1 Å². The molecule has 3 rings (SSSR count). The molecule has 1 atom stereocenters. The molecule has 0 amide bonds. The molecule has 0 saturated carbocycles. The SMILES string of the molecule is COC(=O)/C=C/c1cnc(N[C@@H]2CCN(CCc3ccc(OC)cc3)C2)cn1. The molecule has 0 bridgehead atoms. The molecule has 148 valence electrons. The predicted molar refractivity (Wildman–Crippen MR) is 108 cm³/mol. The Morgan fingerprint density at radius 1 is 1.25 bits per heavy atom. The van der Waals surface area contributed by atoms with Crippen molar-refractivity contribution in [2.45, 2.75) is 18.9 Å². The van der Waals surface area contributed by atoms with Crippen LogP contribution in [0.5, 0.6) is 5.75 Å². The highest BCUT2D eigenvalue weighted by Crippen LogP contribution is 2.16. The van der Waals surface area contributed by atoms with E-state index in [0.717, 1.165) is 44.0 Å². The second kappa shape index (κ2) is 9.85. The molecular weight excluding hydrogens is 356 g/mol. The van der Waals surface area contributed by atoms with E-state index in [4.69, 9.17) is 4.74 Å². The number of nitrogens with zero attached hydrogens (tertiary/aromatic N) is 3. The number of carbonyl (C=O) groups excluding carboxylic acids is 1. The number of likely N-dealkylation sites (tertiary alicyclic amines) is 1. The fourth-order valence-electron chi connectivity index (χ4n) is 3.16. The van der Waals surface area contributed by atoms with Crippen LogP contribution < -0.4 is 10.1 Å². The Kier molecular flexibility index (Phi) is 6.97. The number of rotatable bonds is 8. The molecule has 2 aromatic rings. The quantitative estimate of drug-likeness (QED) is 0.555. The van der Waals surface area contributed by atoms with E-state index in [9.17, 15) is 4.79 Å². The van der Waals surface area contributed by atoms with Gasteiger partial charge in [0, 0.05) is 31.8 Å². The number of methoxy groups -OCH3 is 2. The maximum Gasteiger partial charge on any atom is 0.330 e. The molecule has 2 heterocycles. The Bertz CT molecular complexity index is 790. The lowest BCUT2D eigenvalue weighted by molar-refractivity contribution is -0.134. The first-order valence-electron chi connectivity index (χ1n) is 9.36. The number of aromatic nitrogens is 2. The standard InChI is InChI=1S/C21H26N4O3/c1-27-19-6-3-16(4-7-19)9-11-25-12-10-18(15-25)24-20-14-22-17(13-23-20)5-8-21(26)28-2/h3-8,13-14,18H,9-12,15H2,1-2H3,(H,23,24)/b8-5+/t18-/m1/s1. The predicted octanol–water partition coefficient (Wildman–Crippen LogP) is 2.40. The summed E-state index contributed by atoms with van der Waals surface area (Å²) in [4.78, 5) is 22.2. The Morgan fingerprint density at radius 3 is 2.75 bits per heavy atom. The van der Waals surface area contributed by atoms with Crippen LogP contribution in [0.1, 0.15) is 17.7 Å². The van der Waals surface area contributed by atoms with Crippen molar-refractivity contribution in [3.05, 3.63) is 54.0 Å². The van der Waals surface area contributed by atoms with Crippen LogP contribution in [-0.2, 0) is 16.0 Å². The zero-order chi connectivity index (χ0) is 19.8. The van der Waals surface area contributed by atoms with E-state index in [0.29, 0.717) is 11.7 Å². The maximum atomic E-state index is 11.1. The summed E-state index contributed by atoms with van der Waals surface area (Å²) in [7, 11) is 3.02. The fourth-order valence-corrected chi connectivity index (χ4v) is 3.16. The van der Waals surface area contributed by atoms with Gasteiger partial charge in [-0.3, -0.25) is 4.98 Å². The van der Waals surface area contributed by atoms with Gasteiger partial charge in [-0.2, -0.15) is 0 Å². The summed E-state index contributed by atoms with van der Waals surface area (Å²) >= 11 is 0. The van der Waals surface area contributed by atoms with Crippen LogP contribution in [0.2, 0.25) is 0 Å². The topological polar surface area (TPSA) is 76.6 Å². The number of carbonyl (C=O) groups is 1. The Hall–Kier alpha value is -2.93. The summed E-state index contributed by atoms with van der Waals surface area (Å²) in [6.07, 6.45) is 8.34. The van der Waals surface area contributed by atoms with E-state index in [-0.39, 0.29) is 0 Å². The first-order chi connectivity index (χ1) is 13.7. The Balaban J connectivity index is 1.43. The van der Waals surface area contributed by atoms with Crippen molar-refractivity contribution < 1.29 is 14.3 Å². The van der Waals surface area contributed by atoms with Gasteiger partial charge in [-0.1, -0.05) is 12.1 Å².